The van der Waals surface area contributed by atoms with Crippen LogP contribution in [0.4, 0.5) is 11.5 Å². The highest BCUT2D eigenvalue weighted by atomic mass is 16.1. The Morgan fingerprint density at radius 1 is 1.19 bits per heavy atom. The van der Waals surface area contributed by atoms with Crippen LogP contribution in [0.25, 0.3) is 0 Å². The van der Waals surface area contributed by atoms with Crippen LogP contribution in [0.2, 0.25) is 0 Å². The number of nitrogens with zero attached hydrogens (tertiary/aromatic N) is 2. The number of aryl methyl sites for hydroxylation is 1. The van der Waals surface area contributed by atoms with Gasteiger partial charge in [0.25, 0.3) is 5.91 Å². The lowest BCUT2D eigenvalue weighted by atomic mass is 10.3. The summed E-state index contributed by atoms with van der Waals surface area (Å²) in [5, 5.41) is 6.04. The summed E-state index contributed by atoms with van der Waals surface area (Å²) in [6, 6.07) is 11.4. The molecule has 0 aliphatic heterocycles. The molecule has 2 aromatic rings. The average Bonchev–Trinajstić information content (AvgIpc) is 2.48. The van der Waals surface area contributed by atoms with Gasteiger partial charge in [0.1, 0.15) is 17.3 Å². The molecule has 2 rings (SSSR count). The van der Waals surface area contributed by atoms with Crippen molar-refractivity contribution < 1.29 is 4.79 Å². The Kier molecular flexibility index (Phi) is 5.26. The summed E-state index contributed by atoms with van der Waals surface area (Å²) >= 11 is 0. The summed E-state index contributed by atoms with van der Waals surface area (Å²) in [6.07, 6.45) is 2.01. The summed E-state index contributed by atoms with van der Waals surface area (Å²) < 4.78 is 0. The third-order valence-electron chi connectivity index (χ3n) is 2.93. The lowest BCUT2D eigenvalue weighted by Crippen LogP contribution is -2.25. The van der Waals surface area contributed by atoms with Crippen LogP contribution in [0.5, 0.6) is 0 Å². The van der Waals surface area contributed by atoms with Crippen molar-refractivity contribution >= 4 is 17.4 Å². The topological polar surface area (TPSA) is 66.9 Å². The predicted molar refractivity (Wildman–Crippen MR) is 83.7 cm³/mol. The number of anilines is 2. The largest absolute Gasteiger partial charge is 0.351 e. The van der Waals surface area contributed by atoms with E-state index in [1.54, 1.807) is 13.0 Å². The molecule has 0 atom stereocenters. The second kappa shape index (κ2) is 7.38. The van der Waals surface area contributed by atoms with Gasteiger partial charge >= 0.3 is 0 Å². The van der Waals surface area contributed by atoms with Crippen LogP contribution in [0.1, 0.15) is 36.1 Å². The number of benzene rings is 1. The van der Waals surface area contributed by atoms with Crippen LogP contribution < -0.4 is 10.6 Å². The van der Waals surface area contributed by atoms with E-state index in [0.29, 0.717) is 23.9 Å². The molecule has 1 heterocycles. The Morgan fingerprint density at radius 3 is 2.67 bits per heavy atom. The third-order valence-corrected chi connectivity index (χ3v) is 2.93. The number of hydrogen-bond donors (Lipinski definition) is 2. The molecule has 0 unspecified atom stereocenters. The van der Waals surface area contributed by atoms with Crippen molar-refractivity contribution in [3.8, 4) is 0 Å². The molecule has 0 saturated carbocycles. The van der Waals surface area contributed by atoms with Gasteiger partial charge < -0.3 is 10.6 Å². The van der Waals surface area contributed by atoms with E-state index < -0.39 is 0 Å². The smallest absolute Gasteiger partial charge is 0.270 e. The van der Waals surface area contributed by atoms with Gasteiger partial charge in [-0.1, -0.05) is 31.5 Å². The first-order valence-electron chi connectivity index (χ1n) is 7.15. The van der Waals surface area contributed by atoms with Crippen LogP contribution in [0.15, 0.2) is 36.4 Å². The van der Waals surface area contributed by atoms with Gasteiger partial charge in [-0.25, -0.2) is 9.97 Å². The Morgan fingerprint density at radius 2 is 1.95 bits per heavy atom. The fourth-order valence-electron chi connectivity index (χ4n) is 1.89. The SMILES string of the molecule is CCCCNC(=O)c1cc(Nc2ccccc2)nc(C)n1. The van der Waals surface area contributed by atoms with Crippen molar-refractivity contribution in [3.05, 3.63) is 47.9 Å². The fraction of sp³-hybridized carbons (Fsp3) is 0.312. The van der Waals surface area contributed by atoms with E-state index >= 15 is 0 Å². The molecule has 1 aromatic carbocycles. The molecule has 0 aliphatic carbocycles. The summed E-state index contributed by atoms with van der Waals surface area (Å²) in [5.74, 6) is 1.02. The summed E-state index contributed by atoms with van der Waals surface area (Å²) in [7, 11) is 0. The molecule has 0 bridgehead atoms. The van der Waals surface area contributed by atoms with Crippen molar-refractivity contribution in [1.82, 2.24) is 15.3 Å². The zero-order chi connectivity index (χ0) is 15.1. The summed E-state index contributed by atoms with van der Waals surface area (Å²) in [6.45, 7) is 4.53. The first-order chi connectivity index (χ1) is 10.2. The van der Waals surface area contributed by atoms with Crippen molar-refractivity contribution in [2.24, 2.45) is 0 Å². The third kappa shape index (κ3) is 4.56. The molecule has 21 heavy (non-hydrogen) atoms. The standard InChI is InChI=1S/C16H20N4O/c1-3-4-10-17-16(21)14-11-15(19-12(2)18-14)20-13-8-6-5-7-9-13/h5-9,11H,3-4,10H2,1-2H3,(H,17,21)(H,18,19,20). The number of carbonyl (C=O) groups is 1. The molecule has 0 saturated heterocycles. The maximum atomic E-state index is 12.0. The number of rotatable bonds is 6. The van der Waals surface area contributed by atoms with E-state index in [0.717, 1.165) is 18.5 Å². The van der Waals surface area contributed by atoms with E-state index in [4.69, 9.17) is 0 Å². The monoisotopic (exact) mass is 284 g/mol. The Hall–Kier alpha value is -2.43. The molecule has 0 fully saturated rings. The predicted octanol–water partition coefficient (Wildman–Crippen LogP) is 3.06. The zero-order valence-corrected chi connectivity index (χ0v) is 12.4. The van der Waals surface area contributed by atoms with Crippen molar-refractivity contribution in [2.45, 2.75) is 26.7 Å². The van der Waals surface area contributed by atoms with Gasteiger partial charge in [0.05, 0.1) is 0 Å². The maximum absolute atomic E-state index is 12.0. The van der Waals surface area contributed by atoms with Crippen LogP contribution >= 0.6 is 0 Å². The molecular weight excluding hydrogens is 264 g/mol. The van der Waals surface area contributed by atoms with Gasteiger partial charge in [-0.3, -0.25) is 4.79 Å². The maximum Gasteiger partial charge on any atom is 0.270 e. The van der Waals surface area contributed by atoms with Gasteiger partial charge in [0, 0.05) is 18.3 Å². The van der Waals surface area contributed by atoms with Gasteiger partial charge in [0.2, 0.25) is 0 Å². The normalized spacial score (nSPS) is 10.2. The molecule has 1 amide bonds. The number of hydrogen-bond acceptors (Lipinski definition) is 4. The van der Waals surface area contributed by atoms with Gasteiger partial charge in [-0.05, 0) is 25.5 Å². The number of aromatic nitrogens is 2. The zero-order valence-electron chi connectivity index (χ0n) is 12.4. The van der Waals surface area contributed by atoms with E-state index in [-0.39, 0.29) is 5.91 Å². The fourth-order valence-corrected chi connectivity index (χ4v) is 1.89. The minimum absolute atomic E-state index is 0.162. The number of nitrogens with one attached hydrogen (secondary N) is 2. The molecule has 110 valence electrons. The van der Waals surface area contributed by atoms with Crippen LogP contribution in [-0.4, -0.2) is 22.4 Å². The number of unbranched alkanes of at least 4 members (excludes halogenated alkanes) is 1. The number of para-hydroxylation sites is 1. The highest BCUT2D eigenvalue weighted by molar-refractivity contribution is 5.93. The number of amides is 1. The minimum Gasteiger partial charge on any atom is -0.351 e. The number of carbonyl (C=O) groups excluding carboxylic acids is 1. The highest BCUT2D eigenvalue weighted by Crippen LogP contribution is 2.14. The molecule has 1 aromatic heterocycles. The van der Waals surface area contributed by atoms with Crippen molar-refractivity contribution in [2.75, 3.05) is 11.9 Å². The Balaban J connectivity index is 2.11. The van der Waals surface area contributed by atoms with Gasteiger partial charge in [-0.15, -0.1) is 0 Å². The molecule has 5 heteroatoms. The van der Waals surface area contributed by atoms with E-state index in [1.165, 1.54) is 0 Å². The van der Waals surface area contributed by atoms with Gasteiger partial charge in [-0.2, -0.15) is 0 Å². The molecule has 2 N–H and O–H groups in total. The quantitative estimate of drug-likeness (QED) is 0.800. The lowest BCUT2D eigenvalue weighted by Gasteiger charge is -2.09. The second-order valence-electron chi connectivity index (χ2n) is 4.79. The van der Waals surface area contributed by atoms with Gasteiger partial charge in [0.15, 0.2) is 0 Å². The lowest BCUT2D eigenvalue weighted by molar-refractivity contribution is 0.0948. The molecule has 0 spiro atoms. The first-order valence-corrected chi connectivity index (χ1v) is 7.15. The first kappa shape index (κ1) is 15.0. The molecule has 5 nitrogen and oxygen atoms in total. The molecular formula is C16H20N4O. The van der Waals surface area contributed by atoms with E-state index in [1.807, 2.05) is 30.3 Å². The minimum atomic E-state index is -0.162. The Labute approximate surface area is 124 Å². The highest BCUT2D eigenvalue weighted by Gasteiger charge is 2.10. The van der Waals surface area contributed by atoms with Crippen LogP contribution in [0.3, 0.4) is 0 Å². The second-order valence-corrected chi connectivity index (χ2v) is 4.79. The van der Waals surface area contributed by atoms with E-state index in [2.05, 4.69) is 27.5 Å². The van der Waals surface area contributed by atoms with E-state index in [9.17, 15) is 4.79 Å². The summed E-state index contributed by atoms with van der Waals surface area (Å²) in [5.41, 5.74) is 1.31. The van der Waals surface area contributed by atoms with Crippen LogP contribution in [-0.2, 0) is 0 Å². The molecule has 0 aliphatic rings. The Bertz CT molecular complexity index is 598. The average molecular weight is 284 g/mol. The van der Waals surface area contributed by atoms with Crippen LogP contribution in [0, 0.1) is 6.92 Å². The summed E-state index contributed by atoms with van der Waals surface area (Å²) in [4.78, 5) is 20.5. The molecule has 0 radical (unpaired) electrons. The van der Waals surface area contributed by atoms with Crippen molar-refractivity contribution in [1.29, 1.82) is 0 Å². The van der Waals surface area contributed by atoms with Crippen molar-refractivity contribution in [3.63, 3.8) is 0 Å².